The second kappa shape index (κ2) is 6.97. The third-order valence-electron chi connectivity index (χ3n) is 4.72. The van der Waals surface area contributed by atoms with Crippen LogP contribution in [0.1, 0.15) is 35.4 Å². The molecule has 0 unspecified atom stereocenters. The zero-order chi connectivity index (χ0) is 17.2. The average molecular weight is 391 g/mol. The van der Waals surface area contributed by atoms with Crippen molar-refractivity contribution in [3.8, 4) is 0 Å². The van der Waals surface area contributed by atoms with E-state index < -0.39 is 0 Å². The van der Waals surface area contributed by atoms with E-state index in [1.165, 1.54) is 18.4 Å². The van der Waals surface area contributed by atoms with E-state index in [1.807, 2.05) is 13.8 Å². The topological polar surface area (TPSA) is 62.5 Å². The quantitative estimate of drug-likeness (QED) is 0.606. The molecule has 1 saturated carbocycles. The maximum atomic E-state index is 5.20. The first-order chi connectivity index (χ1) is 11.5. The fourth-order valence-electron chi connectivity index (χ4n) is 2.94. The molecule has 0 aliphatic heterocycles. The summed E-state index contributed by atoms with van der Waals surface area (Å²) in [6, 6.07) is 8.59. The molecule has 0 radical (unpaired) electrons. The molecule has 5 nitrogen and oxygen atoms in total. The highest BCUT2D eigenvalue weighted by Crippen LogP contribution is 2.48. The Morgan fingerprint density at radius 1 is 1.33 bits per heavy atom. The summed E-state index contributed by atoms with van der Waals surface area (Å²) in [6.07, 6.45) is 2.41. The Kier molecular flexibility index (Phi) is 4.94. The molecule has 1 aliphatic carbocycles. The van der Waals surface area contributed by atoms with Crippen LogP contribution in [0.2, 0.25) is 0 Å². The maximum Gasteiger partial charge on any atom is 0.191 e. The van der Waals surface area contributed by atoms with Crippen LogP contribution in [-0.4, -0.2) is 24.7 Å². The van der Waals surface area contributed by atoms with Crippen LogP contribution in [0.3, 0.4) is 0 Å². The van der Waals surface area contributed by atoms with Crippen molar-refractivity contribution in [1.29, 1.82) is 0 Å². The Morgan fingerprint density at radius 3 is 2.71 bits per heavy atom. The van der Waals surface area contributed by atoms with E-state index in [1.54, 1.807) is 7.05 Å². The number of hydrogen-bond acceptors (Lipinski definition) is 3. The van der Waals surface area contributed by atoms with E-state index in [4.69, 9.17) is 4.52 Å². The molecular weight excluding hydrogens is 368 g/mol. The summed E-state index contributed by atoms with van der Waals surface area (Å²) < 4.78 is 6.33. The van der Waals surface area contributed by atoms with Crippen LogP contribution in [0.5, 0.6) is 0 Å². The highest BCUT2D eigenvalue weighted by Gasteiger charge is 2.44. The number of nitrogens with one attached hydrogen (secondary N) is 2. The largest absolute Gasteiger partial charge is 0.361 e. The molecule has 1 aromatic carbocycles. The molecule has 128 valence electrons. The van der Waals surface area contributed by atoms with Gasteiger partial charge in [-0.15, -0.1) is 0 Å². The second-order valence-electron chi connectivity index (χ2n) is 6.37. The fourth-order valence-corrected chi connectivity index (χ4v) is 3.34. The number of halogens is 1. The van der Waals surface area contributed by atoms with Gasteiger partial charge < -0.3 is 15.2 Å². The predicted molar refractivity (Wildman–Crippen MR) is 99.2 cm³/mol. The highest BCUT2D eigenvalue weighted by molar-refractivity contribution is 9.10. The first-order valence-corrected chi connectivity index (χ1v) is 8.96. The van der Waals surface area contributed by atoms with Crippen LogP contribution in [0.25, 0.3) is 0 Å². The van der Waals surface area contributed by atoms with Gasteiger partial charge in [0, 0.05) is 35.6 Å². The summed E-state index contributed by atoms with van der Waals surface area (Å²) in [5, 5.41) is 10.8. The molecule has 1 aromatic heterocycles. The first kappa shape index (κ1) is 17.0. The minimum Gasteiger partial charge on any atom is -0.361 e. The summed E-state index contributed by atoms with van der Waals surface area (Å²) in [5.74, 6) is 1.65. The number of guanidine groups is 1. The summed E-state index contributed by atoms with van der Waals surface area (Å²) in [4.78, 5) is 4.32. The first-order valence-electron chi connectivity index (χ1n) is 8.16. The van der Waals surface area contributed by atoms with Gasteiger partial charge in [0.05, 0.1) is 5.69 Å². The normalized spacial score (nSPS) is 16.1. The van der Waals surface area contributed by atoms with E-state index in [-0.39, 0.29) is 5.41 Å². The van der Waals surface area contributed by atoms with Crippen LogP contribution < -0.4 is 10.6 Å². The van der Waals surface area contributed by atoms with Crippen LogP contribution >= 0.6 is 15.9 Å². The lowest BCUT2D eigenvalue weighted by Crippen LogP contribution is -2.41. The molecule has 0 saturated heterocycles. The van der Waals surface area contributed by atoms with Gasteiger partial charge in [-0.2, -0.15) is 0 Å². The number of nitrogens with zero attached hydrogens (tertiary/aromatic N) is 2. The van der Waals surface area contributed by atoms with Gasteiger partial charge in [-0.3, -0.25) is 4.99 Å². The lowest BCUT2D eigenvalue weighted by atomic mass is 9.96. The van der Waals surface area contributed by atoms with Crippen molar-refractivity contribution >= 4 is 21.9 Å². The van der Waals surface area contributed by atoms with Crippen molar-refractivity contribution in [3.63, 3.8) is 0 Å². The minimum absolute atomic E-state index is 0.227. The lowest BCUT2D eigenvalue weighted by molar-refractivity contribution is 0.392. The van der Waals surface area contributed by atoms with Gasteiger partial charge in [-0.1, -0.05) is 33.2 Å². The number of aromatic nitrogens is 1. The summed E-state index contributed by atoms with van der Waals surface area (Å²) >= 11 is 3.57. The number of hydrogen-bond donors (Lipinski definition) is 2. The van der Waals surface area contributed by atoms with Crippen LogP contribution in [-0.2, 0) is 12.0 Å². The summed E-state index contributed by atoms with van der Waals surface area (Å²) in [6.45, 7) is 5.42. The molecule has 2 aromatic rings. The lowest BCUT2D eigenvalue weighted by Gasteiger charge is -2.19. The van der Waals surface area contributed by atoms with Gasteiger partial charge in [0.1, 0.15) is 5.76 Å². The SMILES string of the molecule is CN=C(NCc1c(C)noc1C)NCC1(c2cccc(Br)c2)CC1. The number of aliphatic imine (C=N–C) groups is 1. The van der Waals surface area contributed by atoms with Crippen LogP contribution in [0, 0.1) is 13.8 Å². The van der Waals surface area contributed by atoms with Gasteiger partial charge in [-0.25, -0.2) is 0 Å². The second-order valence-corrected chi connectivity index (χ2v) is 7.29. The molecule has 0 atom stereocenters. The van der Waals surface area contributed by atoms with Crippen LogP contribution in [0.15, 0.2) is 38.3 Å². The van der Waals surface area contributed by atoms with E-state index in [2.05, 4.69) is 61.0 Å². The molecule has 1 heterocycles. The van der Waals surface area contributed by atoms with E-state index >= 15 is 0 Å². The molecule has 6 heteroatoms. The van der Waals surface area contributed by atoms with Crippen molar-refractivity contribution < 1.29 is 4.52 Å². The molecule has 0 amide bonds. The molecule has 1 fully saturated rings. The standard InChI is InChI=1S/C18H23BrN4O/c1-12-16(13(2)24-23-12)10-21-17(20-3)22-11-18(7-8-18)14-5-4-6-15(19)9-14/h4-6,9H,7-8,10-11H2,1-3H3,(H2,20,21,22). The van der Waals surface area contributed by atoms with Gasteiger partial charge in [0.25, 0.3) is 0 Å². The summed E-state index contributed by atoms with van der Waals surface area (Å²) in [5.41, 5.74) is 3.62. The average Bonchev–Trinajstić information content (AvgIpc) is 3.30. The molecule has 1 aliphatic rings. The fraction of sp³-hybridized carbons (Fsp3) is 0.444. The third kappa shape index (κ3) is 3.64. The van der Waals surface area contributed by atoms with Gasteiger partial charge in [0.2, 0.25) is 0 Å². The zero-order valence-corrected chi connectivity index (χ0v) is 15.9. The van der Waals surface area contributed by atoms with Crippen LogP contribution in [0.4, 0.5) is 0 Å². The third-order valence-corrected chi connectivity index (χ3v) is 5.22. The number of benzene rings is 1. The Labute approximate surface area is 151 Å². The smallest absolute Gasteiger partial charge is 0.191 e. The van der Waals surface area contributed by atoms with Gasteiger partial charge in [0.15, 0.2) is 5.96 Å². The Morgan fingerprint density at radius 2 is 2.12 bits per heavy atom. The van der Waals surface area contributed by atoms with E-state index in [0.29, 0.717) is 6.54 Å². The van der Waals surface area contributed by atoms with Crippen molar-refractivity contribution in [2.24, 2.45) is 4.99 Å². The molecule has 3 rings (SSSR count). The predicted octanol–water partition coefficient (Wildman–Crippen LogP) is 3.45. The van der Waals surface area contributed by atoms with E-state index in [0.717, 1.165) is 34.0 Å². The molecule has 0 spiro atoms. The molecular formula is C18H23BrN4O. The molecule has 24 heavy (non-hydrogen) atoms. The Bertz CT molecular complexity index is 730. The summed E-state index contributed by atoms with van der Waals surface area (Å²) in [7, 11) is 1.79. The molecule has 0 bridgehead atoms. The number of rotatable bonds is 5. The monoisotopic (exact) mass is 390 g/mol. The van der Waals surface area contributed by atoms with Crippen molar-refractivity contribution in [1.82, 2.24) is 15.8 Å². The van der Waals surface area contributed by atoms with Crippen molar-refractivity contribution in [2.75, 3.05) is 13.6 Å². The molecule has 2 N–H and O–H groups in total. The Balaban J connectivity index is 1.59. The van der Waals surface area contributed by atoms with Gasteiger partial charge in [-0.05, 0) is 44.4 Å². The zero-order valence-electron chi connectivity index (χ0n) is 14.3. The van der Waals surface area contributed by atoms with E-state index in [9.17, 15) is 0 Å². The maximum absolute atomic E-state index is 5.20. The Hall–Kier alpha value is -1.82. The van der Waals surface area contributed by atoms with Crippen molar-refractivity contribution in [2.45, 2.75) is 38.6 Å². The van der Waals surface area contributed by atoms with Crippen molar-refractivity contribution in [3.05, 3.63) is 51.3 Å². The number of aryl methyl sites for hydroxylation is 2. The minimum atomic E-state index is 0.227. The van der Waals surface area contributed by atoms with Gasteiger partial charge >= 0.3 is 0 Å². The highest BCUT2D eigenvalue weighted by atomic mass is 79.9.